The van der Waals surface area contributed by atoms with Crippen LogP contribution in [0.4, 0.5) is 4.79 Å². The van der Waals surface area contributed by atoms with Crippen LogP contribution in [0.15, 0.2) is 24.3 Å². The zero-order valence-corrected chi connectivity index (χ0v) is 15.3. The number of nitrogens with zero attached hydrogens (tertiary/aromatic N) is 3. The number of piperidine rings is 1. The molecule has 2 aliphatic heterocycles. The molecule has 13 heteroatoms. The summed E-state index contributed by atoms with van der Waals surface area (Å²) >= 11 is 0. The summed E-state index contributed by atoms with van der Waals surface area (Å²) in [6.07, 6.45) is 0.626. The molecule has 0 aliphatic carbocycles. The molecule has 3 heterocycles. The minimum Gasteiger partial charge on any atom is -0.340 e. The third-order valence-electron chi connectivity index (χ3n) is 4.62. The number of nitrogens with one attached hydrogen (secondary N) is 2. The molecule has 2 aliphatic rings. The molecule has 2 saturated heterocycles. The smallest absolute Gasteiger partial charge is 0.340 e. The van der Waals surface area contributed by atoms with Gasteiger partial charge in [-0.1, -0.05) is 12.1 Å². The molecular weight excluding hydrogens is 394 g/mol. The van der Waals surface area contributed by atoms with Crippen molar-refractivity contribution in [3.8, 4) is 0 Å². The number of para-hydroxylation sites is 2. The highest BCUT2D eigenvalue weighted by atomic mass is 32.3. The van der Waals surface area contributed by atoms with E-state index in [-0.39, 0.29) is 13.2 Å². The molecule has 2 bridgehead atoms. The van der Waals surface area contributed by atoms with E-state index in [4.69, 9.17) is 9.39 Å². The summed E-state index contributed by atoms with van der Waals surface area (Å²) in [6.45, 7) is 0.109. The van der Waals surface area contributed by atoms with Gasteiger partial charge in [0, 0.05) is 6.54 Å². The molecule has 2 atom stereocenters. The Labute approximate surface area is 159 Å². The summed E-state index contributed by atoms with van der Waals surface area (Å²) in [7, 11) is -4.83. The largest absolute Gasteiger partial charge is 0.418 e. The highest BCUT2D eigenvalue weighted by molar-refractivity contribution is 7.80. The van der Waals surface area contributed by atoms with Crippen molar-refractivity contribution in [2.75, 3.05) is 6.54 Å². The number of hydrogen-bond donors (Lipinski definition) is 3. The summed E-state index contributed by atoms with van der Waals surface area (Å²) in [5, 5.41) is 0.581. The number of urea groups is 1. The Hall–Kier alpha value is -2.74. The molecular formula is C15H17N5O7S. The van der Waals surface area contributed by atoms with Gasteiger partial charge in [-0.25, -0.2) is 15.3 Å². The number of imidazole rings is 1. The van der Waals surface area contributed by atoms with Crippen LogP contribution in [0.5, 0.6) is 0 Å². The van der Waals surface area contributed by atoms with Crippen LogP contribution in [0.2, 0.25) is 0 Å². The van der Waals surface area contributed by atoms with Crippen molar-refractivity contribution in [3.63, 3.8) is 0 Å². The van der Waals surface area contributed by atoms with E-state index >= 15 is 0 Å². The quantitative estimate of drug-likeness (QED) is 0.447. The van der Waals surface area contributed by atoms with Crippen LogP contribution in [0.25, 0.3) is 11.0 Å². The van der Waals surface area contributed by atoms with Gasteiger partial charge in [-0.2, -0.15) is 13.5 Å². The van der Waals surface area contributed by atoms with E-state index in [2.05, 4.69) is 19.7 Å². The van der Waals surface area contributed by atoms with Crippen molar-refractivity contribution < 1.29 is 31.7 Å². The zero-order chi connectivity index (χ0) is 19.9. The molecule has 0 spiro atoms. The molecule has 28 heavy (non-hydrogen) atoms. The Bertz CT molecular complexity index is 990. The van der Waals surface area contributed by atoms with Crippen molar-refractivity contribution in [2.45, 2.75) is 31.5 Å². The van der Waals surface area contributed by atoms with Crippen molar-refractivity contribution >= 4 is 33.4 Å². The number of H-pyrrole nitrogens is 1. The number of carbonyl (C=O) groups excluding carboxylic acids is 2. The number of aromatic amines is 1. The maximum absolute atomic E-state index is 12.4. The molecule has 2 aromatic rings. The average Bonchev–Trinajstić information content (AvgIpc) is 3.15. The maximum Gasteiger partial charge on any atom is 0.418 e. The molecule has 0 saturated carbocycles. The van der Waals surface area contributed by atoms with Gasteiger partial charge in [0.25, 0.3) is 5.91 Å². The number of rotatable bonds is 6. The highest BCUT2D eigenvalue weighted by Gasteiger charge is 2.49. The fourth-order valence-corrected chi connectivity index (χ4v) is 3.81. The van der Waals surface area contributed by atoms with Crippen molar-refractivity contribution in [3.05, 3.63) is 30.1 Å². The van der Waals surface area contributed by atoms with Crippen molar-refractivity contribution in [1.29, 1.82) is 0 Å². The van der Waals surface area contributed by atoms with Gasteiger partial charge in [-0.15, -0.1) is 4.28 Å². The Morgan fingerprint density at radius 2 is 2.14 bits per heavy atom. The van der Waals surface area contributed by atoms with Gasteiger partial charge in [0.1, 0.15) is 18.5 Å². The van der Waals surface area contributed by atoms with Gasteiger partial charge in [0.2, 0.25) is 0 Å². The fourth-order valence-electron chi connectivity index (χ4n) is 3.42. The lowest BCUT2D eigenvalue weighted by atomic mass is 10.0. The van der Waals surface area contributed by atoms with E-state index in [1.54, 1.807) is 0 Å². The molecule has 3 N–H and O–H groups in total. The van der Waals surface area contributed by atoms with Crippen molar-refractivity contribution in [1.82, 2.24) is 25.4 Å². The van der Waals surface area contributed by atoms with E-state index in [0.717, 1.165) is 11.0 Å². The summed E-state index contributed by atoms with van der Waals surface area (Å²) < 4.78 is 34.9. The second kappa shape index (κ2) is 7.01. The number of carbonyl (C=O) groups is 2. The Kier molecular flexibility index (Phi) is 4.66. The Morgan fingerprint density at radius 3 is 2.89 bits per heavy atom. The molecule has 1 unspecified atom stereocenters. The van der Waals surface area contributed by atoms with Crippen LogP contribution < -0.4 is 5.48 Å². The van der Waals surface area contributed by atoms with Gasteiger partial charge in [0.15, 0.2) is 0 Å². The van der Waals surface area contributed by atoms with E-state index in [1.807, 2.05) is 24.3 Å². The SMILES string of the molecule is O=C(NOCc1nc2ccccc2[nH]1)[C@@H]1CCC2CN1C(=O)N2OS(=O)(=O)O. The summed E-state index contributed by atoms with van der Waals surface area (Å²) in [4.78, 5) is 38.4. The van der Waals surface area contributed by atoms with E-state index < -0.39 is 34.4 Å². The standard InChI is InChI=1S/C15H17N5O7S/c21-14(18-26-8-13-16-10-3-1-2-4-11(10)17-13)12-6-5-9-7-19(12)15(22)20(9)27-28(23,24)25/h1-4,9,12H,5-8H2,(H,16,17)(H,18,21)(H,23,24,25)/t9?,12-/m0/s1. The van der Waals surface area contributed by atoms with Gasteiger partial charge in [-0.3, -0.25) is 14.2 Å². The van der Waals surface area contributed by atoms with Crippen LogP contribution in [0.3, 0.4) is 0 Å². The summed E-state index contributed by atoms with van der Waals surface area (Å²) in [5.74, 6) is -0.0215. The van der Waals surface area contributed by atoms with E-state index in [1.165, 1.54) is 4.90 Å². The molecule has 1 aromatic heterocycles. The predicted octanol–water partition coefficient (Wildman–Crippen LogP) is 0.114. The molecule has 12 nitrogen and oxygen atoms in total. The number of amides is 3. The van der Waals surface area contributed by atoms with Gasteiger partial charge in [-0.05, 0) is 25.0 Å². The normalized spacial score (nSPS) is 22.1. The van der Waals surface area contributed by atoms with Gasteiger partial charge < -0.3 is 9.88 Å². The minimum atomic E-state index is -4.83. The van der Waals surface area contributed by atoms with Crippen LogP contribution in [0, 0.1) is 0 Å². The first kappa shape index (κ1) is 18.6. The monoisotopic (exact) mass is 411 g/mol. The highest BCUT2D eigenvalue weighted by Crippen LogP contribution is 2.30. The summed E-state index contributed by atoms with van der Waals surface area (Å²) in [6, 6.07) is 5.22. The molecule has 3 amide bonds. The van der Waals surface area contributed by atoms with Gasteiger partial charge >= 0.3 is 16.4 Å². The van der Waals surface area contributed by atoms with Crippen LogP contribution in [-0.2, 0) is 30.9 Å². The zero-order valence-electron chi connectivity index (χ0n) is 14.4. The Morgan fingerprint density at radius 1 is 1.36 bits per heavy atom. The average molecular weight is 411 g/mol. The minimum absolute atomic E-state index is 0.00169. The molecule has 2 fully saturated rings. The molecule has 150 valence electrons. The van der Waals surface area contributed by atoms with Gasteiger partial charge in [0.05, 0.1) is 17.1 Å². The second-order valence-corrected chi connectivity index (χ2v) is 7.47. The van der Waals surface area contributed by atoms with E-state index in [9.17, 15) is 18.0 Å². The van der Waals surface area contributed by atoms with Crippen LogP contribution in [0.1, 0.15) is 18.7 Å². The lowest BCUT2D eigenvalue weighted by Gasteiger charge is -2.28. The maximum atomic E-state index is 12.4. The number of benzene rings is 1. The lowest BCUT2D eigenvalue weighted by Crippen LogP contribution is -2.49. The number of aromatic nitrogens is 2. The third kappa shape index (κ3) is 3.64. The topological polar surface area (TPSA) is 154 Å². The lowest BCUT2D eigenvalue weighted by molar-refractivity contribution is -0.140. The first-order valence-corrected chi connectivity index (χ1v) is 9.80. The molecule has 4 rings (SSSR count). The fraction of sp³-hybridized carbons (Fsp3) is 0.400. The third-order valence-corrected chi connectivity index (χ3v) is 4.97. The first-order valence-electron chi connectivity index (χ1n) is 8.44. The number of hydrogen-bond acceptors (Lipinski definition) is 7. The van der Waals surface area contributed by atoms with Crippen LogP contribution in [-0.4, -0.2) is 63.5 Å². The second-order valence-electron chi connectivity index (χ2n) is 6.47. The van der Waals surface area contributed by atoms with Crippen molar-refractivity contribution in [2.24, 2.45) is 0 Å². The Balaban J connectivity index is 1.34. The summed E-state index contributed by atoms with van der Waals surface area (Å²) in [5.41, 5.74) is 3.90. The van der Waals surface area contributed by atoms with Crippen LogP contribution >= 0.6 is 0 Å². The number of fused-ring (bicyclic) bond motifs is 3. The molecule has 0 radical (unpaired) electrons. The predicted molar refractivity (Wildman–Crippen MR) is 92.4 cm³/mol. The first-order chi connectivity index (χ1) is 13.3. The van der Waals surface area contributed by atoms with E-state index in [0.29, 0.717) is 23.7 Å². The molecule has 1 aromatic carbocycles. The number of hydroxylamine groups is 3.